The van der Waals surface area contributed by atoms with Gasteiger partial charge in [-0.2, -0.15) is 0 Å². The monoisotopic (exact) mass is 377 g/mol. The van der Waals surface area contributed by atoms with Gasteiger partial charge in [-0.05, 0) is 60.7 Å². The van der Waals surface area contributed by atoms with Crippen molar-refractivity contribution in [2.24, 2.45) is 5.92 Å². The Hall–Kier alpha value is -3.08. The highest BCUT2D eigenvalue weighted by Crippen LogP contribution is 2.21. The summed E-state index contributed by atoms with van der Waals surface area (Å²) in [6.07, 6.45) is 0.486. The molecule has 0 fully saturated rings. The van der Waals surface area contributed by atoms with Gasteiger partial charge in [-0.1, -0.05) is 32.0 Å². The smallest absolute Gasteiger partial charge is 0.267 e. The van der Waals surface area contributed by atoms with Crippen molar-refractivity contribution in [2.75, 3.05) is 5.32 Å². The lowest BCUT2D eigenvalue weighted by molar-refractivity contribution is -0.116. The van der Waals surface area contributed by atoms with Crippen LogP contribution in [0.25, 0.3) is 10.9 Å². The molecule has 3 aromatic rings. The Bertz CT molecular complexity index is 1020. The second kappa shape index (κ2) is 8.30. The quantitative estimate of drug-likeness (QED) is 0.582. The molecule has 0 saturated carbocycles. The van der Waals surface area contributed by atoms with E-state index in [2.05, 4.69) is 21.7 Å². The highest BCUT2D eigenvalue weighted by molar-refractivity contribution is 5.99. The maximum atomic E-state index is 12.6. The number of rotatable bonds is 6. The molecule has 146 valence electrons. The summed E-state index contributed by atoms with van der Waals surface area (Å²) in [4.78, 5) is 27.7. The summed E-state index contributed by atoms with van der Waals surface area (Å²) in [5.41, 5.74) is 5.50. The summed E-state index contributed by atoms with van der Waals surface area (Å²) >= 11 is 0. The molecule has 0 bridgehead atoms. The fourth-order valence-corrected chi connectivity index (χ4v) is 3.34. The number of aryl methyl sites for hydroxylation is 2. The van der Waals surface area contributed by atoms with Crippen LogP contribution in [0.5, 0.6) is 0 Å². The first kappa shape index (κ1) is 19.7. The van der Waals surface area contributed by atoms with Crippen molar-refractivity contribution in [3.8, 4) is 0 Å². The molecule has 0 aliphatic heterocycles. The molecule has 1 heterocycles. The van der Waals surface area contributed by atoms with Gasteiger partial charge in [0.2, 0.25) is 5.91 Å². The molecule has 2 amide bonds. The van der Waals surface area contributed by atoms with Gasteiger partial charge in [0.25, 0.3) is 5.91 Å². The first-order chi connectivity index (χ1) is 13.3. The number of nitrogens with one attached hydrogen (secondary N) is 3. The number of anilines is 1. The van der Waals surface area contributed by atoms with Crippen LogP contribution < -0.4 is 10.6 Å². The van der Waals surface area contributed by atoms with E-state index in [4.69, 9.17) is 0 Å². The molecule has 2 aromatic carbocycles. The van der Waals surface area contributed by atoms with Gasteiger partial charge in [-0.3, -0.25) is 9.59 Å². The maximum absolute atomic E-state index is 12.6. The number of carbonyl (C=O) groups is 2. The average molecular weight is 377 g/mol. The first-order valence-electron chi connectivity index (χ1n) is 9.59. The van der Waals surface area contributed by atoms with Gasteiger partial charge in [-0.25, -0.2) is 0 Å². The molecule has 28 heavy (non-hydrogen) atoms. The minimum absolute atomic E-state index is 0.0000700. The molecule has 0 unspecified atom stereocenters. The Morgan fingerprint density at radius 1 is 1.07 bits per heavy atom. The predicted octanol–water partition coefficient (Wildman–Crippen LogP) is 4.70. The number of H-pyrrole nitrogens is 1. The summed E-state index contributed by atoms with van der Waals surface area (Å²) in [7, 11) is 0. The van der Waals surface area contributed by atoms with Crippen LogP contribution in [-0.2, 0) is 11.3 Å². The molecule has 0 aliphatic carbocycles. The van der Waals surface area contributed by atoms with Crippen LogP contribution >= 0.6 is 0 Å². The van der Waals surface area contributed by atoms with Crippen LogP contribution in [0.1, 0.15) is 47.4 Å². The maximum Gasteiger partial charge on any atom is 0.267 e. The van der Waals surface area contributed by atoms with E-state index in [0.717, 1.165) is 33.3 Å². The Balaban J connectivity index is 1.65. The number of aromatic amines is 1. The Morgan fingerprint density at radius 2 is 1.86 bits per heavy atom. The van der Waals surface area contributed by atoms with E-state index in [1.165, 1.54) is 0 Å². The van der Waals surface area contributed by atoms with Gasteiger partial charge in [-0.15, -0.1) is 0 Å². The molecule has 0 saturated heterocycles. The van der Waals surface area contributed by atoms with Crippen molar-refractivity contribution < 1.29 is 9.59 Å². The molecule has 0 atom stereocenters. The van der Waals surface area contributed by atoms with Crippen LogP contribution in [0.15, 0.2) is 42.5 Å². The SMILES string of the molecule is Cc1cc(C)c2cc(C(=O)NCc3cccc(NC(=O)CC(C)C)c3)[nH]c2c1. The zero-order valence-electron chi connectivity index (χ0n) is 16.8. The summed E-state index contributed by atoms with van der Waals surface area (Å²) in [6, 6.07) is 13.6. The number of fused-ring (bicyclic) bond motifs is 1. The third-order valence-electron chi connectivity index (χ3n) is 4.59. The highest BCUT2D eigenvalue weighted by atomic mass is 16.2. The minimum atomic E-state index is -0.150. The molecule has 3 N–H and O–H groups in total. The first-order valence-corrected chi connectivity index (χ1v) is 9.59. The fourth-order valence-electron chi connectivity index (χ4n) is 3.34. The largest absolute Gasteiger partial charge is 0.351 e. The fraction of sp³-hybridized carbons (Fsp3) is 0.304. The van der Waals surface area contributed by atoms with Gasteiger partial charge in [0.05, 0.1) is 0 Å². The van der Waals surface area contributed by atoms with Crippen molar-refractivity contribution in [3.05, 3.63) is 64.8 Å². The Kier molecular flexibility index (Phi) is 5.83. The molecule has 0 radical (unpaired) electrons. The molecule has 1 aromatic heterocycles. The van der Waals surface area contributed by atoms with Crippen molar-refractivity contribution in [2.45, 2.75) is 40.7 Å². The molecular weight excluding hydrogens is 350 g/mol. The Morgan fingerprint density at radius 3 is 2.61 bits per heavy atom. The van der Waals surface area contributed by atoms with E-state index in [9.17, 15) is 9.59 Å². The summed E-state index contributed by atoms with van der Waals surface area (Å²) in [6.45, 7) is 8.50. The molecule has 0 spiro atoms. The van der Waals surface area contributed by atoms with Crippen molar-refractivity contribution in [1.29, 1.82) is 0 Å². The third kappa shape index (κ3) is 4.80. The van der Waals surface area contributed by atoms with Crippen LogP contribution in [0.4, 0.5) is 5.69 Å². The van der Waals surface area contributed by atoms with E-state index in [-0.39, 0.29) is 11.8 Å². The number of hydrogen-bond acceptors (Lipinski definition) is 2. The summed E-state index contributed by atoms with van der Waals surface area (Å²) in [5.74, 6) is 0.161. The standard InChI is InChI=1S/C23H27N3O2/c1-14(2)8-22(27)25-18-7-5-6-17(11-18)13-24-23(28)21-12-19-16(4)9-15(3)10-20(19)26-21/h5-7,9-12,14,26H,8,13H2,1-4H3,(H,24,28)(H,25,27). The van der Waals surface area contributed by atoms with Crippen LogP contribution in [0.2, 0.25) is 0 Å². The number of amides is 2. The Labute approximate surface area is 165 Å². The average Bonchev–Trinajstić information content (AvgIpc) is 3.03. The van der Waals surface area contributed by atoms with E-state index >= 15 is 0 Å². The number of hydrogen-bond donors (Lipinski definition) is 3. The predicted molar refractivity (Wildman–Crippen MR) is 113 cm³/mol. The highest BCUT2D eigenvalue weighted by Gasteiger charge is 2.11. The summed E-state index contributed by atoms with van der Waals surface area (Å²) < 4.78 is 0. The van der Waals surface area contributed by atoms with Crippen molar-refractivity contribution >= 4 is 28.4 Å². The summed E-state index contributed by atoms with van der Waals surface area (Å²) in [5, 5.41) is 6.91. The molecule has 5 heteroatoms. The zero-order valence-corrected chi connectivity index (χ0v) is 16.8. The van der Waals surface area contributed by atoms with Crippen LogP contribution in [-0.4, -0.2) is 16.8 Å². The minimum Gasteiger partial charge on any atom is -0.351 e. The van der Waals surface area contributed by atoms with Gasteiger partial charge in [0.1, 0.15) is 5.69 Å². The number of aromatic nitrogens is 1. The topological polar surface area (TPSA) is 74.0 Å². The van der Waals surface area contributed by atoms with Crippen molar-refractivity contribution in [3.63, 3.8) is 0 Å². The molecule has 3 rings (SSSR count). The van der Waals surface area contributed by atoms with E-state index < -0.39 is 0 Å². The van der Waals surface area contributed by atoms with Crippen molar-refractivity contribution in [1.82, 2.24) is 10.3 Å². The zero-order chi connectivity index (χ0) is 20.3. The van der Waals surface area contributed by atoms with Gasteiger partial charge >= 0.3 is 0 Å². The lowest BCUT2D eigenvalue weighted by Crippen LogP contribution is -2.23. The third-order valence-corrected chi connectivity index (χ3v) is 4.59. The molecular formula is C23H27N3O2. The van der Waals surface area contributed by atoms with Crippen LogP contribution in [0.3, 0.4) is 0 Å². The molecule has 5 nitrogen and oxygen atoms in total. The number of carbonyl (C=O) groups excluding carboxylic acids is 2. The van der Waals surface area contributed by atoms with Gasteiger partial charge in [0, 0.05) is 29.6 Å². The number of benzene rings is 2. The van der Waals surface area contributed by atoms with E-state index in [0.29, 0.717) is 24.6 Å². The second-order valence-electron chi connectivity index (χ2n) is 7.76. The van der Waals surface area contributed by atoms with Gasteiger partial charge < -0.3 is 15.6 Å². The lowest BCUT2D eigenvalue weighted by atomic mass is 10.1. The van der Waals surface area contributed by atoms with Crippen LogP contribution in [0, 0.1) is 19.8 Å². The molecule has 0 aliphatic rings. The second-order valence-corrected chi connectivity index (χ2v) is 7.76. The van der Waals surface area contributed by atoms with E-state index in [1.54, 1.807) is 0 Å². The lowest BCUT2D eigenvalue weighted by Gasteiger charge is -2.09. The normalized spacial score (nSPS) is 11.0. The van der Waals surface area contributed by atoms with Gasteiger partial charge in [0.15, 0.2) is 0 Å². The van der Waals surface area contributed by atoms with E-state index in [1.807, 2.05) is 64.1 Å².